The molecule has 1 aliphatic rings. The topological polar surface area (TPSA) is 82.9 Å². The van der Waals surface area contributed by atoms with Crippen molar-refractivity contribution in [2.75, 3.05) is 26.7 Å². The van der Waals surface area contributed by atoms with Crippen molar-refractivity contribution in [3.8, 4) is 5.75 Å². The number of carboxylic acids is 1. The van der Waals surface area contributed by atoms with Crippen molar-refractivity contribution in [1.29, 1.82) is 0 Å². The fourth-order valence-electron chi connectivity index (χ4n) is 5.19. The van der Waals surface area contributed by atoms with Crippen LogP contribution in [0.3, 0.4) is 0 Å². The first-order valence-corrected chi connectivity index (χ1v) is 12.6. The van der Waals surface area contributed by atoms with Gasteiger partial charge in [-0.05, 0) is 98.6 Å². The fourth-order valence-corrected chi connectivity index (χ4v) is 5.40. The second kappa shape index (κ2) is 11.8. The van der Waals surface area contributed by atoms with Crippen LogP contribution in [-0.2, 0) is 11.2 Å². The summed E-state index contributed by atoms with van der Waals surface area (Å²) in [5.74, 6) is -0.402. The van der Waals surface area contributed by atoms with Crippen LogP contribution < -0.4 is 4.74 Å². The van der Waals surface area contributed by atoms with E-state index in [-0.39, 0.29) is 5.92 Å². The molecule has 1 fully saturated rings. The minimum Gasteiger partial charge on any atom is -0.497 e. The minimum absolute atomic E-state index is 0.0500. The van der Waals surface area contributed by atoms with Gasteiger partial charge in [-0.15, -0.1) is 0 Å². The monoisotopic (exact) mass is 496 g/mol. The molecule has 2 N–H and O–H groups in total. The van der Waals surface area contributed by atoms with Gasteiger partial charge in [0.2, 0.25) is 0 Å². The van der Waals surface area contributed by atoms with E-state index in [2.05, 4.69) is 16.0 Å². The molecule has 1 unspecified atom stereocenters. The van der Waals surface area contributed by atoms with Crippen LogP contribution in [0.5, 0.6) is 5.75 Å². The Labute approximate surface area is 211 Å². The normalized spacial score (nSPS) is 19.5. The highest BCUT2D eigenvalue weighted by molar-refractivity contribution is 6.30. The molecular weight excluding hydrogens is 464 g/mol. The van der Waals surface area contributed by atoms with Gasteiger partial charge in [0.05, 0.1) is 24.6 Å². The third-order valence-electron chi connectivity index (χ3n) is 7.14. The summed E-state index contributed by atoms with van der Waals surface area (Å²) >= 11 is 6.07. The lowest BCUT2D eigenvalue weighted by Crippen LogP contribution is -2.44. The smallest absolute Gasteiger partial charge is 0.308 e. The van der Waals surface area contributed by atoms with Crippen LogP contribution in [-0.4, -0.2) is 52.8 Å². The maximum atomic E-state index is 12.1. The number of aliphatic carboxylic acids is 1. The number of likely N-dealkylation sites (tertiary alicyclic amines) is 1. The first-order valence-electron chi connectivity index (χ1n) is 12.2. The average molecular weight is 497 g/mol. The van der Waals surface area contributed by atoms with Gasteiger partial charge in [0.25, 0.3) is 0 Å². The van der Waals surface area contributed by atoms with E-state index < -0.39 is 18.0 Å². The Bertz CT molecular complexity index is 1150. The quantitative estimate of drug-likeness (QED) is 0.393. The molecule has 0 aliphatic carbocycles. The molecule has 1 saturated heterocycles. The number of aliphatic hydroxyl groups excluding tert-OH is 1. The van der Waals surface area contributed by atoms with Crippen molar-refractivity contribution >= 4 is 28.5 Å². The molecule has 2 aromatic carbocycles. The van der Waals surface area contributed by atoms with Gasteiger partial charge in [-0.3, -0.25) is 9.78 Å². The number of carbonyl (C=O) groups is 1. The number of methoxy groups -OCH3 is 1. The van der Waals surface area contributed by atoms with Gasteiger partial charge < -0.3 is 19.8 Å². The van der Waals surface area contributed by atoms with Crippen molar-refractivity contribution in [1.82, 2.24) is 9.88 Å². The molecule has 35 heavy (non-hydrogen) atoms. The standard InChI is InChI=1S/C28H33ClN2O4/c1-35-22-8-9-26-24(17-22)23(11-13-30-26)27(32)10-7-20-12-15-31(18-25(20)28(33)34)14-3-5-19-4-2-6-21(29)16-19/h2,4,6,8-9,11,13,16-17,20,25,27,32H,3,5,7,10,12,14-15,18H2,1H3,(H,33,34)/t20-,25+,27?/m1/s1. The molecule has 6 nitrogen and oxygen atoms in total. The molecule has 3 aromatic rings. The van der Waals surface area contributed by atoms with Crippen LogP contribution in [0.4, 0.5) is 0 Å². The molecule has 0 bridgehead atoms. The number of fused-ring (bicyclic) bond motifs is 1. The molecule has 0 amide bonds. The number of nitrogens with zero attached hydrogens (tertiary/aromatic N) is 2. The Hall–Kier alpha value is -2.67. The van der Waals surface area contributed by atoms with E-state index in [0.717, 1.165) is 53.8 Å². The molecule has 3 atom stereocenters. The van der Waals surface area contributed by atoms with E-state index in [1.807, 2.05) is 42.5 Å². The molecule has 1 aromatic heterocycles. The van der Waals surface area contributed by atoms with E-state index in [1.165, 1.54) is 5.56 Å². The zero-order valence-electron chi connectivity index (χ0n) is 20.1. The maximum absolute atomic E-state index is 12.1. The van der Waals surface area contributed by atoms with E-state index in [1.54, 1.807) is 13.3 Å². The highest BCUT2D eigenvalue weighted by atomic mass is 35.5. The highest BCUT2D eigenvalue weighted by Crippen LogP contribution is 2.33. The Morgan fingerprint density at radius 3 is 2.89 bits per heavy atom. The van der Waals surface area contributed by atoms with Crippen molar-refractivity contribution in [3.05, 3.63) is 70.9 Å². The largest absolute Gasteiger partial charge is 0.497 e. The first kappa shape index (κ1) is 25.4. The molecule has 0 radical (unpaired) electrons. The van der Waals surface area contributed by atoms with Crippen LogP contribution >= 0.6 is 11.6 Å². The molecule has 0 spiro atoms. The second-order valence-electron chi connectivity index (χ2n) is 9.40. The van der Waals surface area contributed by atoms with Crippen LogP contribution in [0.1, 0.15) is 42.9 Å². The summed E-state index contributed by atoms with van der Waals surface area (Å²) in [4.78, 5) is 18.7. The zero-order valence-corrected chi connectivity index (χ0v) is 20.8. The van der Waals surface area contributed by atoms with Gasteiger partial charge in [0.15, 0.2) is 0 Å². The summed E-state index contributed by atoms with van der Waals surface area (Å²) in [5.41, 5.74) is 2.81. The number of hydrogen-bond acceptors (Lipinski definition) is 5. The van der Waals surface area contributed by atoms with Crippen LogP contribution in [0.25, 0.3) is 10.9 Å². The predicted octanol–water partition coefficient (Wildman–Crippen LogP) is 5.37. The Morgan fingerprint density at radius 1 is 1.26 bits per heavy atom. The molecule has 0 saturated carbocycles. The maximum Gasteiger partial charge on any atom is 0.308 e. The number of aromatic nitrogens is 1. The number of aryl methyl sites for hydroxylation is 1. The summed E-state index contributed by atoms with van der Waals surface area (Å²) in [6, 6.07) is 15.4. The van der Waals surface area contributed by atoms with Crippen molar-refractivity contribution < 1.29 is 19.7 Å². The van der Waals surface area contributed by atoms with E-state index in [4.69, 9.17) is 16.3 Å². The summed E-state index contributed by atoms with van der Waals surface area (Å²) in [5, 5.41) is 22.5. The van der Waals surface area contributed by atoms with Crippen LogP contribution in [0.15, 0.2) is 54.7 Å². The number of halogens is 1. The third-order valence-corrected chi connectivity index (χ3v) is 7.37. The molecule has 1 aliphatic heterocycles. The molecule has 2 heterocycles. The number of carboxylic acid groups (broad SMARTS) is 1. The molecular formula is C28H33ClN2O4. The number of benzene rings is 2. The highest BCUT2D eigenvalue weighted by Gasteiger charge is 2.34. The molecule has 7 heteroatoms. The second-order valence-corrected chi connectivity index (χ2v) is 9.84. The fraction of sp³-hybridized carbons (Fsp3) is 0.429. The predicted molar refractivity (Wildman–Crippen MR) is 138 cm³/mol. The van der Waals surface area contributed by atoms with E-state index in [9.17, 15) is 15.0 Å². The summed E-state index contributed by atoms with van der Waals surface area (Å²) in [6.07, 6.45) is 4.92. The average Bonchev–Trinajstić information content (AvgIpc) is 2.87. The first-order chi connectivity index (χ1) is 16.9. The van der Waals surface area contributed by atoms with Crippen molar-refractivity contribution in [3.63, 3.8) is 0 Å². The number of hydrogen-bond donors (Lipinski definition) is 2. The van der Waals surface area contributed by atoms with Gasteiger partial charge in [0, 0.05) is 23.2 Å². The summed E-state index contributed by atoms with van der Waals surface area (Å²) in [6.45, 7) is 2.31. The third kappa shape index (κ3) is 6.51. The Balaban J connectivity index is 1.33. The number of piperidine rings is 1. The lowest BCUT2D eigenvalue weighted by atomic mass is 9.81. The number of rotatable bonds is 10. The van der Waals surface area contributed by atoms with Gasteiger partial charge in [-0.25, -0.2) is 0 Å². The summed E-state index contributed by atoms with van der Waals surface area (Å²) < 4.78 is 5.34. The SMILES string of the molecule is COc1ccc2nccc(C(O)CC[C@@H]3CCN(CCCc4cccc(Cl)c4)C[C@@H]3C(=O)O)c2c1. The zero-order chi connectivity index (χ0) is 24.8. The Kier molecular flexibility index (Phi) is 8.60. The van der Waals surface area contributed by atoms with Gasteiger partial charge in [0.1, 0.15) is 5.75 Å². The lowest BCUT2D eigenvalue weighted by molar-refractivity contribution is -0.146. The van der Waals surface area contributed by atoms with Gasteiger partial charge in [-0.2, -0.15) is 0 Å². The number of aliphatic hydroxyl groups is 1. The lowest BCUT2D eigenvalue weighted by Gasteiger charge is -2.37. The van der Waals surface area contributed by atoms with Gasteiger partial charge in [-0.1, -0.05) is 23.7 Å². The number of pyridine rings is 1. The van der Waals surface area contributed by atoms with E-state index in [0.29, 0.717) is 25.1 Å². The van der Waals surface area contributed by atoms with Crippen molar-refractivity contribution in [2.24, 2.45) is 11.8 Å². The van der Waals surface area contributed by atoms with E-state index >= 15 is 0 Å². The number of ether oxygens (including phenoxy) is 1. The van der Waals surface area contributed by atoms with Crippen LogP contribution in [0.2, 0.25) is 5.02 Å². The molecule has 186 valence electrons. The van der Waals surface area contributed by atoms with Crippen molar-refractivity contribution in [2.45, 2.75) is 38.2 Å². The molecule has 4 rings (SSSR count). The Morgan fingerprint density at radius 2 is 2.11 bits per heavy atom. The minimum atomic E-state index is -0.747. The van der Waals surface area contributed by atoms with Gasteiger partial charge >= 0.3 is 5.97 Å². The summed E-state index contributed by atoms with van der Waals surface area (Å²) in [7, 11) is 1.61. The van der Waals surface area contributed by atoms with Crippen LogP contribution in [0, 0.1) is 11.8 Å².